The molecular formula is C15H18ClN3O. The molecule has 1 aromatic carbocycles. The Labute approximate surface area is 123 Å². The zero-order valence-electron chi connectivity index (χ0n) is 11.6. The lowest BCUT2D eigenvalue weighted by molar-refractivity contribution is 0.273. The number of rotatable bonds is 5. The van der Waals surface area contributed by atoms with E-state index in [1.165, 1.54) is 0 Å². The molecule has 0 fully saturated rings. The van der Waals surface area contributed by atoms with Gasteiger partial charge in [-0.2, -0.15) is 0 Å². The van der Waals surface area contributed by atoms with Gasteiger partial charge in [-0.25, -0.2) is 9.97 Å². The number of hydrogen-bond donors (Lipinski definition) is 2. The van der Waals surface area contributed by atoms with E-state index in [0.29, 0.717) is 17.4 Å². The maximum atomic E-state index is 9.50. The predicted octanol–water partition coefficient (Wildman–Crippen LogP) is 2.76. The van der Waals surface area contributed by atoms with Gasteiger partial charge in [0.05, 0.1) is 12.6 Å². The molecule has 0 aliphatic rings. The summed E-state index contributed by atoms with van der Waals surface area (Å²) < 4.78 is 0. The third-order valence-electron chi connectivity index (χ3n) is 2.93. The van der Waals surface area contributed by atoms with E-state index < -0.39 is 0 Å². The van der Waals surface area contributed by atoms with Crippen LogP contribution in [0.2, 0.25) is 5.02 Å². The van der Waals surface area contributed by atoms with Gasteiger partial charge in [-0.15, -0.1) is 0 Å². The third-order valence-corrected chi connectivity index (χ3v) is 3.18. The molecule has 1 atom stereocenters. The molecule has 0 aliphatic heterocycles. The summed E-state index contributed by atoms with van der Waals surface area (Å²) >= 11 is 5.86. The Bertz CT molecular complexity index is 552. The van der Waals surface area contributed by atoms with E-state index in [1.54, 1.807) is 0 Å². The van der Waals surface area contributed by atoms with E-state index in [-0.39, 0.29) is 12.6 Å². The maximum absolute atomic E-state index is 9.50. The fraction of sp³-hybridized carbons (Fsp3) is 0.333. The van der Waals surface area contributed by atoms with Gasteiger partial charge in [-0.3, -0.25) is 0 Å². The molecule has 20 heavy (non-hydrogen) atoms. The highest BCUT2D eigenvalue weighted by molar-refractivity contribution is 6.30. The summed E-state index contributed by atoms with van der Waals surface area (Å²) in [7, 11) is 0. The summed E-state index contributed by atoms with van der Waals surface area (Å²) in [5.74, 6) is 0.551. The molecule has 2 rings (SSSR count). The number of halogens is 1. The molecule has 1 aromatic heterocycles. The SMILES string of the molecule is Cc1cc(C)nc(NC(CO)Cc2ccc(Cl)cc2)n1. The van der Waals surface area contributed by atoms with Crippen molar-refractivity contribution in [3.05, 3.63) is 52.3 Å². The molecule has 1 heterocycles. The second kappa shape index (κ2) is 6.68. The van der Waals surface area contributed by atoms with Crippen molar-refractivity contribution < 1.29 is 5.11 Å². The first-order valence-corrected chi connectivity index (χ1v) is 6.89. The number of aliphatic hydroxyl groups excluding tert-OH is 1. The molecule has 0 aliphatic carbocycles. The minimum atomic E-state index is -0.127. The monoisotopic (exact) mass is 291 g/mol. The van der Waals surface area contributed by atoms with Crippen LogP contribution in [-0.2, 0) is 6.42 Å². The van der Waals surface area contributed by atoms with Gasteiger partial charge in [0.15, 0.2) is 0 Å². The zero-order chi connectivity index (χ0) is 14.5. The summed E-state index contributed by atoms with van der Waals surface area (Å²) in [6.45, 7) is 3.86. The van der Waals surface area contributed by atoms with E-state index in [9.17, 15) is 5.11 Å². The van der Waals surface area contributed by atoms with E-state index in [2.05, 4.69) is 15.3 Å². The number of benzene rings is 1. The van der Waals surface area contributed by atoms with Crippen LogP contribution in [0.25, 0.3) is 0 Å². The Morgan fingerprint density at radius 1 is 1.15 bits per heavy atom. The van der Waals surface area contributed by atoms with E-state index in [4.69, 9.17) is 11.6 Å². The van der Waals surface area contributed by atoms with Crippen LogP contribution in [0.1, 0.15) is 17.0 Å². The average molecular weight is 292 g/mol. The molecule has 2 N–H and O–H groups in total. The topological polar surface area (TPSA) is 58.0 Å². The molecule has 0 bridgehead atoms. The minimum absolute atomic E-state index is 0.0129. The van der Waals surface area contributed by atoms with Crippen LogP contribution < -0.4 is 5.32 Å². The second-order valence-electron chi connectivity index (χ2n) is 4.83. The summed E-state index contributed by atoms with van der Waals surface area (Å²) in [6, 6.07) is 9.39. The van der Waals surface area contributed by atoms with Gasteiger partial charge in [0.25, 0.3) is 0 Å². The van der Waals surface area contributed by atoms with E-state index >= 15 is 0 Å². The number of nitrogens with zero attached hydrogens (tertiary/aromatic N) is 2. The predicted molar refractivity (Wildman–Crippen MR) is 81.2 cm³/mol. The highest BCUT2D eigenvalue weighted by Crippen LogP contribution is 2.13. The molecule has 0 saturated carbocycles. The smallest absolute Gasteiger partial charge is 0.223 e. The van der Waals surface area contributed by atoms with Gasteiger partial charge >= 0.3 is 0 Å². The quantitative estimate of drug-likeness (QED) is 0.889. The van der Waals surface area contributed by atoms with Crippen LogP contribution in [0, 0.1) is 13.8 Å². The Morgan fingerprint density at radius 3 is 2.30 bits per heavy atom. The lowest BCUT2D eigenvalue weighted by Gasteiger charge is -2.17. The zero-order valence-corrected chi connectivity index (χ0v) is 12.4. The molecule has 4 nitrogen and oxygen atoms in total. The van der Waals surface area contributed by atoms with Crippen LogP contribution in [-0.4, -0.2) is 27.7 Å². The molecular weight excluding hydrogens is 274 g/mol. The number of aryl methyl sites for hydroxylation is 2. The maximum Gasteiger partial charge on any atom is 0.223 e. The van der Waals surface area contributed by atoms with Crippen LogP contribution in [0.15, 0.2) is 30.3 Å². The lowest BCUT2D eigenvalue weighted by atomic mass is 10.1. The van der Waals surface area contributed by atoms with E-state index in [0.717, 1.165) is 17.0 Å². The molecule has 5 heteroatoms. The standard InChI is InChI=1S/C15H18ClN3O/c1-10-7-11(2)18-15(17-10)19-14(9-20)8-12-3-5-13(16)6-4-12/h3-7,14,20H,8-9H2,1-2H3,(H,17,18,19). The van der Waals surface area contributed by atoms with Gasteiger partial charge in [0.2, 0.25) is 5.95 Å². The Kier molecular flexibility index (Phi) is 4.93. The van der Waals surface area contributed by atoms with Crippen molar-refractivity contribution in [2.75, 3.05) is 11.9 Å². The number of hydrogen-bond acceptors (Lipinski definition) is 4. The molecule has 2 aromatic rings. The van der Waals surface area contributed by atoms with Crippen molar-refractivity contribution in [2.45, 2.75) is 26.3 Å². The third kappa shape index (κ3) is 4.18. The molecule has 0 amide bonds. The molecule has 1 unspecified atom stereocenters. The Hall–Kier alpha value is -1.65. The number of nitrogens with one attached hydrogen (secondary N) is 1. The summed E-state index contributed by atoms with van der Waals surface area (Å²) in [4.78, 5) is 8.65. The Balaban J connectivity index is 2.06. The first kappa shape index (κ1) is 14.8. The molecule has 106 valence electrons. The van der Waals surface area contributed by atoms with Gasteiger partial charge in [0, 0.05) is 16.4 Å². The van der Waals surface area contributed by atoms with E-state index in [1.807, 2.05) is 44.2 Å². The van der Waals surface area contributed by atoms with Crippen LogP contribution in [0.4, 0.5) is 5.95 Å². The van der Waals surface area contributed by atoms with Gasteiger partial charge in [-0.05, 0) is 44.0 Å². The highest BCUT2D eigenvalue weighted by Gasteiger charge is 2.10. The fourth-order valence-corrected chi connectivity index (χ4v) is 2.17. The van der Waals surface area contributed by atoms with Crippen molar-refractivity contribution >= 4 is 17.5 Å². The largest absolute Gasteiger partial charge is 0.394 e. The molecule has 0 spiro atoms. The van der Waals surface area contributed by atoms with Crippen molar-refractivity contribution in [2.24, 2.45) is 0 Å². The van der Waals surface area contributed by atoms with Crippen LogP contribution in [0.3, 0.4) is 0 Å². The highest BCUT2D eigenvalue weighted by atomic mass is 35.5. The van der Waals surface area contributed by atoms with Crippen molar-refractivity contribution in [1.29, 1.82) is 0 Å². The first-order chi connectivity index (χ1) is 9.56. The minimum Gasteiger partial charge on any atom is -0.394 e. The summed E-state index contributed by atoms with van der Waals surface area (Å²) in [5, 5.41) is 13.4. The summed E-state index contributed by atoms with van der Waals surface area (Å²) in [5.41, 5.74) is 2.91. The van der Waals surface area contributed by atoms with Crippen molar-refractivity contribution in [3.8, 4) is 0 Å². The van der Waals surface area contributed by atoms with Gasteiger partial charge in [-0.1, -0.05) is 23.7 Å². The fourth-order valence-electron chi connectivity index (χ4n) is 2.04. The van der Waals surface area contributed by atoms with Crippen LogP contribution >= 0.6 is 11.6 Å². The number of anilines is 1. The average Bonchev–Trinajstić information content (AvgIpc) is 2.39. The number of aliphatic hydroxyl groups is 1. The van der Waals surface area contributed by atoms with Crippen LogP contribution in [0.5, 0.6) is 0 Å². The first-order valence-electron chi connectivity index (χ1n) is 6.51. The van der Waals surface area contributed by atoms with Gasteiger partial charge < -0.3 is 10.4 Å². The number of aromatic nitrogens is 2. The molecule has 0 radical (unpaired) electrons. The Morgan fingerprint density at radius 2 is 1.75 bits per heavy atom. The summed E-state index contributed by atoms with van der Waals surface area (Å²) in [6.07, 6.45) is 0.685. The normalized spacial score (nSPS) is 12.2. The molecule has 0 saturated heterocycles. The second-order valence-corrected chi connectivity index (χ2v) is 5.27. The van der Waals surface area contributed by atoms with Gasteiger partial charge in [0.1, 0.15) is 0 Å². The van der Waals surface area contributed by atoms with Crippen molar-refractivity contribution in [1.82, 2.24) is 9.97 Å². The van der Waals surface area contributed by atoms with Crippen molar-refractivity contribution in [3.63, 3.8) is 0 Å². The lowest BCUT2D eigenvalue weighted by Crippen LogP contribution is -2.27.